The monoisotopic (exact) mass is 285 g/mol. The lowest BCUT2D eigenvalue weighted by atomic mass is 10.1. The zero-order chi connectivity index (χ0) is 15.2. The second-order valence-electron chi connectivity index (χ2n) is 5.32. The Morgan fingerprint density at radius 1 is 1.29 bits per heavy atom. The van der Waals surface area contributed by atoms with E-state index in [1.807, 2.05) is 25.1 Å². The van der Waals surface area contributed by atoms with E-state index in [4.69, 9.17) is 0 Å². The molecule has 2 rings (SSSR count). The van der Waals surface area contributed by atoms with Gasteiger partial charge in [-0.1, -0.05) is 13.0 Å². The summed E-state index contributed by atoms with van der Waals surface area (Å²) in [6.07, 6.45) is 5.41. The highest BCUT2D eigenvalue weighted by Gasteiger charge is 2.03. The second kappa shape index (κ2) is 6.97. The van der Waals surface area contributed by atoms with Crippen LogP contribution in [0.3, 0.4) is 0 Å². The summed E-state index contributed by atoms with van der Waals surface area (Å²) in [5, 5.41) is 6.24. The molecule has 1 heterocycles. The van der Waals surface area contributed by atoms with E-state index in [1.165, 1.54) is 12.5 Å². The van der Waals surface area contributed by atoms with E-state index in [9.17, 15) is 4.79 Å². The lowest BCUT2D eigenvalue weighted by Crippen LogP contribution is -2.08. The predicted molar refractivity (Wildman–Crippen MR) is 87.5 cm³/mol. The molecule has 0 bridgehead atoms. The summed E-state index contributed by atoms with van der Waals surface area (Å²) in [5.41, 5.74) is 4.18. The van der Waals surface area contributed by atoms with Gasteiger partial charge < -0.3 is 15.2 Å². The van der Waals surface area contributed by atoms with E-state index < -0.39 is 0 Å². The number of aromatic nitrogens is 1. The number of carbonyl (C=O) groups is 1. The standard InChI is InChI=1S/C17H23N3O/c1-4-8-20-9-7-15(12-20)11-18-16-6-5-13(2)17(10-16)19-14(3)21/h5-7,9-10,12,18H,4,8,11H2,1-3H3,(H,19,21). The Morgan fingerprint density at radius 2 is 2.10 bits per heavy atom. The highest BCUT2D eigenvalue weighted by Crippen LogP contribution is 2.20. The molecule has 1 amide bonds. The first kappa shape index (κ1) is 15.2. The summed E-state index contributed by atoms with van der Waals surface area (Å²) in [6, 6.07) is 8.14. The molecule has 1 aromatic heterocycles. The van der Waals surface area contributed by atoms with Gasteiger partial charge in [0.05, 0.1) is 0 Å². The van der Waals surface area contributed by atoms with Crippen molar-refractivity contribution in [1.82, 2.24) is 4.57 Å². The van der Waals surface area contributed by atoms with Crippen LogP contribution in [0.4, 0.5) is 11.4 Å². The van der Waals surface area contributed by atoms with Crippen LogP contribution in [0.1, 0.15) is 31.4 Å². The number of aryl methyl sites for hydroxylation is 2. The van der Waals surface area contributed by atoms with Gasteiger partial charge in [-0.25, -0.2) is 0 Å². The fraction of sp³-hybridized carbons (Fsp3) is 0.353. The van der Waals surface area contributed by atoms with E-state index in [0.717, 1.165) is 36.4 Å². The summed E-state index contributed by atoms with van der Waals surface area (Å²) in [6.45, 7) is 7.51. The van der Waals surface area contributed by atoms with Gasteiger partial charge in [-0.2, -0.15) is 0 Å². The maximum atomic E-state index is 11.2. The van der Waals surface area contributed by atoms with E-state index in [0.29, 0.717) is 0 Å². The zero-order valence-electron chi connectivity index (χ0n) is 12.9. The van der Waals surface area contributed by atoms with Crippen molar-refractivity contribution in [1.29, 1.82) is 0 Å². The number of amides is 1. The number of anilines is 2. The molecular weight excluding hydrogens is 262 g/mol. The molecule has 2 aromatic rings. The van der Waals surface area contributed by atoms with Crippen molar-refractivity contribution in [3.8, 4) is 0 Å². The molecule has 112 valence electrons. The Labute approximate surface area is 126 Å². The Kier molecular flexibility index (Phi) is 5.04. The van der Waals surface area contributed by atoms with Crippen LogP contribution in [0.2, 0.25) is 0 Å². The first-order valence-electron chi connectivity index (χ1n) is 7.35. The molecule has 0 radical (unpaired) electrons. The van der Waals surface area contributed by atoms with Crippen LogP contribution in [-0.2, 0) is 17.9 Å². The lowest BCUT2D eigenvalue weighted by molar-refractivity contribution is -0.114. The Bertz CT molecular complexity index is 616. The van der Waals surface area contributed by atoms with E-state index >= 15 is 0 Å². The minimum Gasteiger partial charge on any atom is -0.381 e. The summed E-state index contributed by atoms with van der Waals surface area (Å²) < 4.78 is 2.20. The van der Waals surface area contributed by atoms with E-state index in [2.05, 4.69) is 40.6 Å². The van der Waals surface area contributed by atoms with Crippen molar-refractivity contribution in [3.05, 3.63) is 47.8 Å². The minimum atomic E-state index is -0.0492. The maximum Gasteiger partial charge on any atom is 0.221 e. The number of carbonyl (C=O) groups excluding carboxylic acids is 1. The van der Waals surface area contributed by atoms with Gasteiger partial charge >= 0.3 is 0 Å². The molecule has 4 heteroatoms. The average Bonchev–Trinajstić information content (AvgIpc) is 2.87. The quantitative estimate of drug-likeness (QED) is 0.848. The number of nitrogens with one attached hydrogen (secondary N) is 2. The molecule has 0 spiro atoms. The van der Waals surface area contributed by atoms with Gasteiger partial charge in [-0.05, 0) is 42.7 Å². The van der Waals surface area contributed by atoms with Gasteiger partial charge in [-0.15, -0.1) is 0 Å². The molecule has 2 N–H and O–H groups in total. The zero-order valence-corrected chi connectivity index (χ0v) is 12.9. The molecular formula is C17H23N3O. The third-order valence-electron chi connectivity index (χ3n) is 3.34. The number of hydrogen-bond donors (Lipinski definition) is 2. The van der Waals surface area contributed by atoms with Crippen LogP contribution in [0.25, 0.3) is 0 Å². The fourth-order valence-electron chi connectivity index (χ4n) is 2.25. The van der Waals surface area contributed by atoms with Crippen molar-refractivity contribution in [2.75, 3.05) is 10.6 Å². The molecule has 1 aromatic carbocycles. The first-order chi connectivity index (χ1) is 10.1. The SMILES string of the molecule is CCCn1ccc(CNc2ccc(C)c(NC(C)=O)c2)c1. The van der Waals surface area contributed by atoms with Crippen molar-refractivity contribution in [2.24, 2.45) is 0 Å². The topological polar surface area (TPSA) is 46.1 Å². The third-order valence-corrected chi connectivity index (χ3v) is 3.34. The van der Waals surface area contributed by atoms with Crippen molar-refractivity contribution in [3.63, 3.8) is 0 Å². The van der Waals surface area contributed by atoms with E-state index in [-0.39, 0.29) is 5.91 Å². The Morgan fingerprint density at radius 3 is 2.81 bits per heavy atom. The molecule has 0 aliphatic heterocycles. The van der Waals surface area contributed by atoms with Gasteiger partial charge in [0.15, 0.2) is 0 Å². The smallest absolute Gasteiger partial charge is 0.221 e. The molecule has 0 saturated heterocycles. The van der Waals surface area contributed by atoms with Crippen LogP contribution in [0, 0.1) is 6.92 Å². The molecule has 0 aliphatic carbocycles. The van der Waals surface area contributed by atoms with Crippen LogP contribution in [0.15, 0.2) is 36.7 Å². The van der Waals surface area contributed by atoms with Gasteiger partial charge in [-0.3, -0.25) is 4.79 Å². The van der Waals surface area contributed by atoms with Gasteiger partial charge in [0.1, 0.15) is 0 Å². The molecule has 0 unspecified atom stereocenters. The van der Waals surface area contributed by atoms with Gasteiger partial charge in [0.25, 0.3) is 0 Å². The Balaban J connectivity index is 2.00. The second-order valence-corrected chi connectivity index (χ2v) is 5.32. The van der Waals surface area contributed by atoms with Crippen LogP contribution in [-0.4, -0.2) is 10.5 Å². The molecule has 0 atom stereocenters. The summed E-state index contributed by atoms with van der Waals surface area (Å²) in [4.78, 5) is 11.2. The highest BCUT2D eigenvalue weighted by atomic mass is 16.1. The van der Waals surface area contributed by atoms with Crippen LogP contribution in [0.5, 0.6) is 0 Å². The Hall–Kier alpha value is -2.23. The van der Waals surface area contributed by atoms with Gasteiger partial charge in [0, 0.05) is 43.8 Å². The summed E-state index contributed by atoms with van der Waals surface area (Å²) >= 11 is 0. The molecule has 21 heavy (non-hydrogen) atoms. The first-order valence-corrected chi connectivity index (χ1v) is 7.35. The summed E-state index contributed by atoms with van der Waals surface area (Å²) in [7, 11) is 0. The molecule has 4 nitrogen and oxygen atoms in total. The van der Waals surface area contributed by atoms with E-state index in [1.54, 1.807) is 0 Å². The van der Waals surface area contributed by atoms with Gasteiger partial charge in [0.2, 0.25) is 5.91 Å². The number of benzene rings is 1. The number of nitrogens with zero attached hydrogens (tertiary/aromatic N) is 1. The fourth-order valence-corrected chi connectivity index (χ4v) is 2.25. The van der Waals surface area contributed by atoms with Crippen LogP contribution >= 0.6 is 0 Å². The normalized spacial score (nSPS) is 10.4. The van der Waals surface area contributed by atoms with Crippen molar-refractivity contribution < 1.29 is 4.79 Å². The molecule has 0 fully saturated rings. The molecule has 0 aliphatic rings. The lowest BCUT2D eigenvalue weighted by Gasteiger charge is -2.11. The maximum absolute atomic E-state index is 11.2. The van der Waals surface area contributed by atoms with Crippen LogP contribution < -0.4 is 10.6 Å². The largest absolute Gasteiger partial charge is 0.381 e. The third kappa shape index (κ3) is 4.38. The molecule has 0 saturated carbocycles. The highest BCUT2D eigenvalue weighted by molar-refractivity contribution is 5.90. The predicted octanol–water partition coefficient (Wildman–Crippen LogP) is 3.78. The summed E-state index contributed by atoms with van der Waals surface area (Å²) in [5.74, 6) is -0.0492. The van der Waals surface area contributed by atoms with Crippen molar-refractivity contribution in [2.45, 2.75) is 40.3 Å². The minimum absolute atomic E-state index is 0.0492. The average molecular weight is 285 g/mol. The number of hydrogen-bond acceptors (Lipinski definition) is 2. The van der Waals surface area contributed by atoms with Crippen molar-refractivity contribution >= 4 is 17.3 Å². The number of rotatable bonds is 6.